The second-order valence-corrected chi connectivity index (χ2v) is 6.07. The largest absolute Gasteiger partial charge is 0.493 e. The van der Waals surface area contributed by atoms with Crippen molar-refractivity contribution in [2.24, 2.45) is 13.0 Å². The number of hydrogen-bond acceptors (Lipinski definition) is 5. The van der Waals surface area contributed by atoms with Gasteiger partial charge in [-0.05, 0) is 12.1 Å². The molecule has 6 nitrogen and oxygen atoms in total. The molecule has 0 N–H and O–H groups in total. The van der Waals surface area contributed by atoms with Crippen LogP contribution in [0.15, 0.2) is 42.9 Å². The summed E-state index contributed by atoms with van der Waals surface area (Å²) in [4.78, 5) is 21.1. The van der Waals surface area contributed by atoms with Crippen molar-refractivity contribution in [3.05, 3.63) is 54.0 Å². The highest BCUT2D eigenvalue weighted by Crippen LogP contribution is 2.38. The zero-order chi connectivity index (χ0) is 16.7. The average Bonchev–Trinajstić information content (AvgIpc) is 2.98. The van der Waals surface area contributed by atoms with Crippen LogP contribution in [-0.2, 0) is 11.8 Å². The summed E-state index contributed by atoms with van der Waals surface area (Å²) in [6.45, 7) is 2.53. The lowest BCUT2D eigenvalue weighted by Gasteiger charge is -2.31. The minimum atomic E-state index is -0.399. The van der Waals surface area contributed by atoms with Crippen molar-refractivity contribution in [1.82, 2.24) is 14.5 Å². The number of fused-ring (bicyclic) bond motifs is 2. The third kappa shape index (κ3) is 2.40. The van der Waals surface area contributed by atoms with Crippen LogP contribution in [0.5, 0.6) is 5.75 Å². The zero-order valence-electron chi connectivity index (χ0n) is 13.5. The van der Waals surface area contributed by atoms with Crippen LogP contribution in [0.2, 0.25) is 0 Å². The molecule has 0 saturated heterocycles. The molecular weight excluding hydrogens is 306 g/mol. The Balaban J connectivity index is 1.63. The predicted molar refractivity (Wildman–Crippen MR) is 87.8 cm³/mol. The first-order chi connectivity index (χ1) is 11.6. The molecule has 0 fully saturated rings. The Labute approximate surface area is 139 Å². The minimum absolute atomic E-state index is 0.0791. The van der Waals surface area contributed by atoms with Gasteiger partial charge in [0.05, 0.1) is 18.5 Å². The Hall–Kier alpha value is -2.89. The van der Waals surface area contributed by atoms with Crippen molar-refractivity contribution in [3.8, 4) is 5.75 Å². The number of hydrogen-bond donors (Lipinski definition) is 0. The highest BCUT2D eigenvalue weighted by Gasteiger charge is 2.31. The lowest BCUT2D eigenvalue weighted by molar-refractivity contribution is -0.000245. The van der Waals surface area contributed by atoms with Gasteiger partial charge in [0.1, 0.15) is 17.4 Å². The van der Waals surface area contributed by atoms with Crippen LogP contribution in [0.4, 0.5) is 0 Å². The van der Waals surface area contributed by atoms with Crippen molar-refractivity contribution in [2.45, 2.75) is 13.0 Å². The summed E-state index contributed by atoms with van der Waals surface area (Å²) < 4.78 is 13.3. The molecule has 1 aromatic carbocycles. The van der Waals surface area contributed by atoms with Crippen LogP contribution in [-0.4, -0.2) is 27.1 Å². The number of aryl methyl sites for hydroxylation is 1. The molecule has 0 amide bonds. The van der Waals surface area contributed by atoms with E-state index < -0.39 is 5.97 Å². The lowest BCUT2D eigenvalue weighted by Crippen LogP contribution is -2.27. The Morgan fingerprint density at radius 2 is 2.17 bits per heavy atom. The summed E-state index contributed by atoms with van der Waals surface area (Å²) in [5.41, 5.74) is 2.71. The fourth-order valence-corrected chi connectivity index (χ4v) is 2.95. The molecule has 2 atom stereocenters. The number of rotatable bonds is 2. The van der Waals surface area contributed by atoms with E-state index in [1.54, 1.807) is 17.0 Å². The first-order valence-electron chi connectivity index (χ1n) is 7.83. The number of benzene rings is 1. The maximum atomic E-state index is 12.6. The van der Waals surface area contributed by atoms with Gasteiger partial charge in [-0.3, -0.25) is 0 Å². The zero-order valence-corrected chi connectivity index (χ0v) is 13.5. The van der Waals surface area contributed by atoms with Gasteiger partial charge in [-0.2, -0.15) is 0 Å². The first kappa shape index (κ1) is 14.7. The SMILES string of the molecule is C[C@H]1COc2ccccc2[C@@H]1OC(=O)c1cnc2c(c1)ncn2C. The molecule has 1 aliphatic heterocycles. The van der Waals surface area contributed by atoms with Gasteiger partial charge >= 0.3 is 5.97 Å². The van der Waals surface area contributed by atoms with Gasteiger partial charge in [0.25, 0.3) is 0 Å². The molecule has 0 unspecified atom stereocenters. The van der Waals surface area contributed by atoms with Crippen LogP contribution < -0.4 is 4.74 Å². The summed E-state index contributed by atoms with van der Waals surface area (Å²) in [6.07, 6.45) is 2.87. The summed E-state index contributed by atoms with van der Waals surface area (Å²) in [5.74, 6) is 0.450. The van der Waals surface area contributed by atoms with E-state index in [0.717, 1.165) is 17.0 Å². The van der Waals surface area contributed by atoms with Gasteiger partial charge in [-0.1, -0.05) is 25.1 Å². The lowest BCUT2D eigenvalue weighted by atomic mass is 9.94. The maximum absolute atomic E-state index is 12.6. The van der Waals surface area contributed by atoms with Crippen molar-refractivity contribution in [1.29, 1.82) is 0 Å². The molecule has 1 aliphatic rings. The number of carbonyl (C=O) groups is 1. The molecule has 24 heavy (non-hydrogen) atoms. The molecule has 0 aliphatic carbocycles. The molecular formula is C18H17N3O3. The Bertz CT molecular complexity index is 919. The van der Waals surface area contributed by atoms with Gasteiger partial charge in [0, 0.05) is 24.7 Å². The maximum Gasteiger partial charge on any atom is 0.340 e. The van der Waals surface area contributed by atoms with Crippen molar-refractivity contribution >= 4 is 17.1 Å². The third-order valence-corrected chi connectivity index (χ3v) is 4.27. The standard InChI is InChI=1S/C18H17N3O3/c1-11-9-23-15-6-4-3-5-13(15)16(11)24-18(22)12-7-14-17(19-8-12)21(2)10-20-14/h3-8,10-11,16H,9H2,1-2H3/t11-,16+/m0/s1. The third-order valence-electron chi connectivity index (χ3n) is 4.27. The number of ether oxygens (including phenoxy) is 2. The van der Waals surface area contributed by atoms with Crippen LogP contribution in [0.3, 0.4) is 0 Å². The van der Waals surface area contributed by atoms with E-state index in [9.17, 15) is 4.79 Å². The highest BCUT2D eigenvalue weighted by molar-refractivity contribution is 5.92. The topological polar surface area (TPSA) is 66.2 Å². The molecule has 0 spiro atoms. The van der Waals surface area contributed by atoms with Gasteiger partial charge in [-0.25, -0.2) is 14.8 Å². The second-order valence-electron chi connectivity index (χ2n) is 6.07. The molecule has 0 radical (unpaired) electrons. The van der Waals surface area contributed by atoms with Gasteiger partial charge < -0.3 is 14.0 Å². The Morgan fingerprint density at radius 3 is 3.04 bits per heavy atom. The first-order valence-corrected chi connectivity index (χ1v) is 7.83. The molecule has 2 aromatic heterocycles. The molecule has 3 aromatic rings. The number of imidazole rings is 1. The fraction of sp³-hybridized carbons (Fsp3) is 0.278. The number of para-hydroxylation sites is 1. The van der Waals surface area contributed by atoms with Crippen molar-refractivity contribution < 1.29 is 14.3 Å². The number of nitrogens with zero attached hydrogens (tertiary/aromatic N) is 3. The molecule has 4 rings (SSSR count). The van der Waals surface area contributed by atoms with E-state index >= 15 is 0 Å². The number of esters is 1. The summed E-state index contributed by atoms with van der Waals surface area (Å²) in [7, 11) is 1.86. The van der Waals surface area contributed by atoms with Crippen LogP contribution in [0.25, 0.3) is 11.2 Å². The van der Waals surface area contributed by atoms with E-state index in [0.29, 0.717) is 17.7 Å². The Kier molecular flexibility index (Phi) is 3.45. The summed E-state index contributed by atoms with van der Waals surface area (Å²) >= 11 is 0. The summed E-state index contributed by atoms with van der Waals surface area (Å²) in [5, 5.41) is 0. The quantitative estimate of drug-likeness (QED) is 0.678. The normalized spacial score (nSPS) is 19.6. The fourth-order valence-electron chi connectivity index (χ4n) is 2.95. The van der Waals surface area contributed by atoms with E-state index in [1.165, 1.54) is 6.20 Å². The Morgan fingerprint density at radius 1 is 1.33 bits per heavy atom. The smallest absolute Gasteiger partial charge is 0.340 e. The number of pyridine rings is 1. The van der Waals surface area contributed by atoms with Gasteiger partial charge in [0.2, 0.25) is 0 Å². The molecule has 122 valence electrons. The van der Waals surface area contributed by atoms with Crippen LogP contribution >= 0.6 is 0 Å². The van der Waals surface area contributed by atoms with Crippen molar-refractivity contribution in [2.75, 3.05) is 6.61 Å². The minimum Gasteiger partial charge on any atom is -0.493 e. The van der Waals surface area contributed by atoms with Crippen LogP contribution in [0.1, 0.15) is 28.9 Å². The van der Waals surface area contributed by atoms with Crippen LogP contribution in [0, 0.1) is 5.92 Å². The summed E-state index contributed by atoms with van der Waals surface area (Å²) in [6, 6.07) is 9.36. The monoisotopic (exact) mass is 323 g/mol. The molecule has 6 heteroatoms. The molecule has 0 saturated carbocycles. The average molecular weight is 323 g/mol. The number of carbonyl (C=O) groups excluding carboxylic acids is 1. The van der Waals surface area contributed by atoms with Gasteiger partial charge in [-0.15, -0.1) is 0 Å². The number of aromatic nitrogens is 3. The van der Waals surface area contributed by atoms with Crippen molar-refractivity contribution in [3.63, 3.8) is 0 Å². The van der Waals surface area contributed by atoms with E-state index in [2.05, 4.69) is 9.97 Å². The molecule has 0 bridgehead atoms. The molecule has 3 heterocycles. The van der Waals surface area contributed by atoms with E-state index in [1.807, 2.05) is 38.2 Å². The van der Waals surface area contributed by atoms with Gasteiger partial charge in [0.15, 0.2) is 5.65 Å². The highest BCUT2D eigenvalue weighted by atomic mass is 16.6. The van der Waals surface area contributed by atoms with E-state index in [4.69, 9.17) is 9.47 Å². The van der Waals surface area contributed by atoms with E-state index in [-0.39, 0.29) is 12.0 Å². The second kappa shape index (κ2) is 5.63. The predicted octanol–water partition coefficient (Wildman–Crippen LogP) is 2.89.